The number of aromatic nitrogens is 2. The van der Waals surface area contributed by atoms with E-state index in [0.717, 1.165) is 34.0 Å². The van der Waals surface area contributed by atoms with Crippen molar-refractivity contribution >= 4 is 0 Å². The predicted molar refractivity (Wildman–Crippen MR) is 64.5 cm³/mol. The molecule has 1 aromatic heterocycles. The number of H-pyrrole nitrogens is 1. The highest BCUT2D eigenvalue weighted by Crippen LogP contribution is 2.36. The lowest BCUT2D eigenvalue weighted by Gasteiger charge is -2.19. The van der Waals surface area contributed by atoms with Gasteiger partial charge in [0.2, 0.25) is 0 Å². The molecule has 0 fully saturated rings. The average molecular weight is 230 g/mol. The van der Waals surface area contributed by atoms with Crippen LogP contribution in [0.4, 0.5) is 0 Å². The molecule has 3 rings (SSSR count). The fourth-order valence-corrected chi connectivity index (χ4v) is 2.02. The number of hydrogen-bond donors (Lipinski definition) is 1. The fraction of sp³-hybridized carbons (Fsp3) is 0.308. The Kier molecular flexibility index (Phi) is 2.28. The molecule has 0 saturated carbocycles. The van der Waals surface area contributed by atoms with E-state index in [1.54, 1.807) is 0 Å². The van der Waals surface area contributed by atoms with Crippen LogP contribution < -0.4 is 9.47 Å². The standard InChI is InChI=1S/C13H14N2O2/c1-8-5-12-13(17-4-3-16-12)7-10(8)11-6-9(2)14-15-11/h5-7H,3-4H2,1-2H3,(H,14,15). The van der Waals surface area contributed by atoms with Crippen molar-refractivity contribution in [3.63, 3.8) is 0 Å². The number of nitrogens with one attached hydrogen (secondary N) is 1. The molecule has 0 unspecified atom stereocenters. The summed E-state index contributed by atoms with van der Waals surface area (Å²) in [7, 11) is 0. The first kappa shape index (κ1) is 10.2. The summed E-state index contributed by atoms with van der Waals surface area (Å²) >= 11 is 0. The second kappa shape index (κ2) is 3.80. The molecule has 2 aromatic rings. The summed E-state index contributed by atoms with van der Waals surface area (Å²) in [4.78, 5) is 0. The molecule has 0 atom stereocenters. The van der Waals surface area contributed by atoms with Crippen LogP contribution in [-0.4, -0.2) is 23.4 Å². The highest BCUT2D eigenvalue weighted by Gasteiger charge is 2.15. The Labute approximate surface area is 99.6 Å². The van der Waals surface area contributed by atoms with Gasteiger partial charge in [-0.1, -0.05) is 0 Å². The lowest BCUT2D eigenvalue weighted by atomic mass is 10.0. The summed E-state index contributed by atoms with van der Waals surface area (Å²) in [5, 5.41) is 7.23. The number of hydrogen-bond acceptors (Lipinski definition) is 3. The lowest BCUT2D eigenvalue weighted by molar-refractivity contribution is 0.171. The van der Waals surface area contributed by atoms with Crippen molar-refractivity contribution in [2.45, 2.75) is 13.8 Å². The number of rotatable bonds is 1. The Balaban J connectivity index is 2.11. The maximum atomic E-state index is 5.58. The summed E-state index contributed by atoms with van der Waals surface area (Å²) in [5.74, 6) is 1.63. The summed E-state index contributed by atoms with van der Waals surface area (Å²) in [6, 6.07) is 6.03. The van der Waals surface area contributed by atoms with Crippen LogP contribution in [0.1, 0.15) is 11.3 Å². The van der Waals surface area contributed by atoms with Gasteiger partial charge in [0.05, 0.1) is 5.69 Å². The normalized spacial score (nSPS) is 13.8. The molecule has 1 N–H and O–H groups in total. The zero-order chi connectivity index (χ0) is 11.8. The molecule has 1 aliphatic heterocycles. The smallest absolute Gasteiger partial charge is 0.162 e. The van der Waals surface area contributed by atoms with Gasteiger partial charge in [0.25, 0.3) is 0 Å². The van der Waals surface area contributed by atoms with Gasteiger partial charge in [-0.05, 0) is 37.6 Å². The lowest BCUT2D eigenvalue weighted by Crippen LogP contribution is -2.15. The van der Waals surface area contributed by atoms with E-state index in [1.807, 2.05) is 25.1 Å². The van der Waals surface area contributed by atoms with Gasteiger partial charge in [-0.2, -0.15) is 5.10 Å². The van der Waals surface area contributed by atoms with Crippen LogP contribution >= 0.6 is 0 Å². The first-order valence-corrected chi connectivity index (χ1v) is 5.66. The Bertz CT molecular complexity index is 561. The molecule has 17 heavy (non-hydrogen) atoms. The van der Waals surface area contributed by atoms with Crippen LogP contribution in [0.25, 0.3) is 11.3 Å². The minimum atomic E-state index is 0.606. The second-order valence-electron chi connectivity index (χ2n) is 4.25. The Morgan fingerprint density at radius 2 is 1.76 bits per heavy atom. The van der Waals surface area contributed by atoms with Crippen molar-refractivity contribution in [3.05, 3.63) is 29.5 Å². The Hall–Kier alpha value is -1.97. The minimum Gasteiger partial charge on any atom is -0.486 e. The quantitative estimate of drug-likeness (QED) is 0.818. The molecule has 1 aromatic carbocycles. The molecule has 0 amide bonds. The SMILES string of the molecule is Cc1cc(-c2cc3c(cc2C)OCCO3)n[nH]1. The zero-order valence-corrected chi connectivity index (χ0v) is 9.91. The van der Waals surface area contributed by atoms with E-state index in [9.17, 15) is 0 Å². The Morgan fingerprint density at radius 3 is 2.41 bits per heavy atom. The maximum Gasteiger partial charge on any atom is 0.162 e. The molecule has 4 heteroatoms. The summed E-state index contributed by atoms with van der Waals surface area (Å²) in [6.45, 7) is 5.27. The largest absolute Gasteiger partial charge is 0.486 e. The highest BCUT2D eigenvalue weighted by atomic mass is 16.6. The van der Waals surface area contributed by atoms with E-state index < -0.39 is 0 Å². The molecule has 0 spiro atoms. The van der Waals surface area contributed by atoms with E-state index in [4.69, 9.17) is 9.47 Å². The number of benzene rings is 1. The fourth-order valence-electron chi connectivity index (χ4n) is 2.02. The monoisotopic (exact) mass is 230 g/mol. The van der Waals surface area contributed by atoms with E-state index in [1.165, 1.54) is 0 Å². The van der Waals surface area contributed by atoms with Crippen molar-refractivity contribution in [2.24, 2.45) is 0 Å². The number of nitrogens with zero attached hydrogens (tertiary/aromatic N) is 1. The number of aryl methyl sites for hydroxylation is 2. The van der Waals surface area contributed by atoms with Crippen molar-refractivity contribution < 1.29 is 9.47 Å². The number of fused-ring (bicyclic) bond motifs is 1. The predicted octanol–water partition coefficient (Wildman–Crippen LogP) is 2.46. The molecule has 2 heterocycles. The number of aromatic amines is 1. The van der Waals surface area contributed by atoms with Crippen LogP contribution in [0.3, 0.4) is 0 Å². The van der Waals surface area contributed by atoms with Gasteiger partial charge < -0.3 is 9.47 Å². The van der Waals surface area contributed by atoms with Crippen LogP contribution in [0.2, 0.25) is 0 Å². The van der Waals surface area contributed by atoms with Crippen LogP contribution in [0.15, 0.2) is 18.2 Å². The van der Waals surface area contributed by atoms with Gasteiger partial charge in [0, 0.05) is 11.3 Å². The zero-order valence-electron chi connectivity index (χ0n) is 9.91. The van der Waals surface area contributed by atoms with Gasteiger partial charge in [-0.3, -0.25) is 5.10 Å². The van der Waals surface area contributed by atoms with Crippen molar-refractivity contribution in [2.75, 3.05) is 13.2 Å². The first-order valence-electron chi connectivity index (χ1n) is 5.66. The van der Waals surface area contributed by atoms with E-state index >= 15 is 0 Å². The summed E-state index contributed by atoms with van der Waals surface area (Å²) in [5.41, 5.74) is 4.21. The Morgan fingerprint density at radius 1 is 1.06 bits per heavy atom. The highest BCUT2D eigenvalue weighted by molar-refractivity contribution is 5.68. The van der Waals surface area contributed by atoms with Crippen molar-refractivity contribution in [3.8, 4) is 22.8 Å². The number of ether oxygens (including phenoxy) is 2. The van der Waals surface area contributed by atoms with Gasteiger partial charge >= 0.3 is 0 Å². The third-order valence-corrected chi connectivity index (χ3v) is 2.87. The van der Waals surface area contributed by atoms with Gasteiger partial charge in [0.1, 0.15) is 13.2 Å². The van der Waals surface area contributed by atoms with E-state index in [-0.39, 0.29) is 0 Å². The third-order valence-electron chi connectivity index (χ3n) is 2.87. The first-order chi connectivity index (χ1) is 8.24. The molecule has 4 nitrogen and oxygen atoms in total. The molecular weight excluding hydrogens is 216 g/mol. The van der Waals surface area contributed by atoms with Gasteiger partial charge in [-0.25, -0.2) is 0 Å². The van der Waals surface area contributed by atoms with Crippen molar-refractivity contribution in [1.82, 2.24) is 10.2 Å². The summed E-state index contributed by atoms with van der Waals surface area (Å²) in [6.07, 6.45) is 0. The molecule has 0 aliphatic carbocycles. The molecular formula is C13H14N2O2. The maximum absolute atomic E-state index is 5.58. The van der Waals surface area contributed by atoms with Crippen LogP contribution in [0.5, 0.6) is 11.5 Å². The van der Waals surface area contributed by atoms with Crippen molar-refractivity contribution in [1.29, 1.82) is 0 Å². The second-order valence-corrected chi connectivity index (χ2v) is 4.25. The average Bonchev–Trinajstić information content (AvgIpc) is 2.75. The third kappa shape index (κ3) is 1.75. The van der Waals surface area contributed by atoms with E-state index in [2.05, 4.69) is 17.1 Å². The molecule has 0 bridgehead atoms. The van der Waals surface area contributed by atoms with Gasteiger partial charge in [-0.15, -0.1) is 0 Å². The molecule has 88 valence electrons. The minimum absolute atomic E-state index is 0.606. The molecule has 1 aliphatic rings. The van der Waals surface area contributed by atoms with Crippen LogP contribution in [-0.2, 0) is 0 Å². The topological polar surface area (TPSA) is 47.1 Å². The molecule has 0 radical (unpaired) electrons. The molecule has 0 saturated heterocycles. The van der Waals surface area contributed by atoms with E-state index in [0.29, 0.717) is 13.2 Å². The van der Waals surface area contributed by atoms with Gasteiger partial charge in [0.15, 0.2) is 11.5 Å². The summed E-state index contributed by atoms with van der Waals surface area (Å²) < 4.78 is 11.1. The van der Waals surface area contributed by atoms with Crippen LogP contribution in [0, 0.1) is 13.8 Å².